The molecule has 5 heteroatoms. The predicted molar refractivity (Wildman–Crippen MR) is 81.6 cm³/mol. The number of hydrogen-bond donors (Lipinski definition) is 1. The number of piperidine rings is 1. The number of aromatic nitrogens is 1. The molecule has 2 heterocycles. The van der Waals surface area contributed by atoms with E-state index in [-0.39, 0.29) is 18.4 Å². The minimum absolute atomic E-state index is 0. The summed E-state index contributed by atoms with van der Waals surface area (Å²) >= 11 is 0. The Morgan fingerprint density at radius 3 is 2.75 bits per heavy atom. The molecule has 4 nitrogen and oxygen atoms in total. The van der Waals surface area contributed by atoms with Crippen molar-refractivity contribution in [3.05, 3.63) is 30.5 Å². The van der Waals surface area contributed by atoms with Crippen LogP contribution in [-0.2, 0) is 4.79 Å². The van der Waals surface area contributed by atoms with Crippen LogP contribution in [0.15, 0.2) is 30.5 Å². The maximum absolute atomic E-state index is 11.0. The number of hydrogen-bond acceptors (Lipinski definition) is 3. The van der Waals surface area contributed by atoms with E-state index in [1.165, 1.54) is 12.3 Å². The molecule has 1 fully saturated rings. The number of halogens is 1. The molecular formula is C15H19ClN2O2. The lowest BCUT2D eigenvalue weighted by Crippen LogP contribution is -2.29. The third-order valence-electron chi connectivity index (χ3n) is 3.66. The molecule has 1 aliphatic heterocycles. The third-order valence-corrected chi connectivity index (χ3v) is 3.66. The molecule has 1 aliphatic rings. The highest BCUT2D eigenvalue weighted by Crippen LogP contribution is 2.28. The number of nitrogens with one attached hydrogen (secondary N) is 1. The summed E-state index contributed by atoms with van der Waals surface area (Å²) in [4.78, 5) is 11.0. The van der Waals surface area contributed by atoms with E-state index in [1.54, 1.807) is 0 Å². The molecule has 1 aromatic heterocycles. The molecule has 0 spiro atoms. The summed E-state index contributed by atoms with van der Waals surface area (Å²) < 4.78 is 7.48. The Morgan fingerprint density at radius 2 is 2.05 bits per heavy atom. The number of esters is 1. The fourth-order valence-corrected chi connectivity index (χ4v) is 2.76. The average molecular weight is 295 g/mol. The number of nitrogens with zero attached hydrogens (tertiary/aromatic N) is 1. The first kappa shape index (κ1) is 14.9. The van der Waals surface area contributed by atoms with Gasteiger partial charge in [0.25, 0.3) is 0 Å². The molecular weight excluding hydrogens is 276 g/mol. The Balaban J connectivity index is 0.00000147. The van der Waals surface area contributed by atoms with Gasteiger partial charge < -0.3 is 14.6 Å². The molecule has 1 aromatic carbocycles. The van der Waals surface area contributed by atoms with Crippen LogP contribution in [-0.4, -0.2) is 23.6 Å². The number of ether oxygens (including phenoxy) is 1. The van der Waals surface area contributed by atoms with E-state index in [1.807, 2.05) is 18.2 Å². The summed E-state index contributed by atoms with van der Waals surface area (Å²) in [5.41, 5.74) is 1.14. The minimum atomic E-state index is -0.278. The van der Waals surface area contributed by atoms with Gasteiger partial charge in [-0.2, -0.15) is 0 Å². The number of carbonyl (C=O) groups is 1. The Labute approximate surface area is 124 Å². The Bertz CT molecular complexity index is 603. The van der Waals surface area contributed by atoms with Crippen molar-refractivity contribution in [1.29, 1.82) is 0 Å². The van der Waals surface area contributed by atoms with Gasteiger partial charge in [0.15, 0.2) is 0 Å². The molecule has 2 aromatic rings. The Morgan fingerprint density at radius 1 is 1.30 bits per heavy atom. The van der Waals surface area contributed by atoms with Gasteiger partial charge in [-0.15, -0.1) is 12.4 Å². The lowest BCUT2D eigenvalue weighted by atomic mass is 10.1. The Kier molecular flexibility index (Phi) is 4.68. The maximum Gasteiger partial charge on any atom is 0.308 e. The minimum Gasteiger partial charge on any atom is -0.427 e. The summed E-state index contributed by atoms with van der Waals surface area (Å²) in [6.45, 7) is 3.55. The zero-order chi connectivity index (χ0) is 13.2. The summed E-state index contributed by atoms with van der Waals surface area (Å²) in [5.74, 6) is 0.341. The van der Waals surface area contributed by atoms with E-state index in [2.05, 4.69) is 22.1 Å². The van der Waals surface area contributed by atoms with Crippen LogP contribution in [0, 0.1) is 0 Å². The molecule has 1 N–H and O–H groups in total. The normalized spacial score (nSPS) is 15.8. The second-order valence-corrected chi connectivity index (χ2v) is 5.02. The summed E-state index contributed by atoms with van der Waals surface area (Å²) in [6.07, 6.45) is 4.42. The molecule has 0 amide bonds. The number of benzene rings is 1. The first-order valence-electron chi connectivity index (χ1n) is 6.74. The summed E-state index contributed by atoms with van der Waals surface area (Å²) in [7, 11) is 0. The fourth-order valence-electron chi connectivity index (χ4n) is 2.76. The van der Waals surface area contributed by atoms with Crippen LogP contribution in [0.4, 0.5) is 0 Å². The standard InChI is InChI=1S/C15H18N2O2.ClH/c1-11(18)19-14-3-2-12-6-9-17(15(12)10-14)13-4-7-16-8-5-13;/h2-3,6,9-10,13,16H,4-5,7-8H2,1H3;1H. The first-order valence-corrected chi connectivity index (χ1v) is 6.74. The third kappa shape index (κ3) is 2.97. The van der Waals surface area contributed by atoms with Crippen molar-refractivity contribution in [1.82, 2.24) is 9.88 Å². The van der Waals surface area contributed by atoms with Crippen LogP contribution in [0.1, 0.15) is 25.8 Å². The van der Waals surface area contributed by atoms with Crippen molar-refractivity contribution in [3.63, 3.8) is 0 Å². The van der Waals surface area contributed by atoms with E-state index in [0.29, 0.717) is 11.8 Å². The number of rotatable bonds is 2. The molecule has 0 saturated carbocycles. The molecule has 3 rings (SSSR count). The summed E-state index contributed by atoms with van der Waals surface area (Å²) in [6, 6.07) is 8.46. The Hall–Kier alpha value is -1.52. The van der Waals surface area contributed by atoms with Gasteiger partial charge in [-0.05, 0) is 49.5 Å². The van der Waals surface area contributed by atoms with Crippen molar-refractivity contribution in [3.8, 4) is 5.75 Å². The second-order valence-electron chi connectivity index (χ2n) is 5.02. The van der Waals surface area contributed by atoms with Crippen molar-refractivity contribution >= 4 is 29.3 Å². The van der Waals surface area contributed by atoms with Gasteiger partial charge in [-0.1, -0.05) is 0 Å². The average Bonchev–Trinajstić information content (AvgIpc) is 2.82. The van der Waals surface area contributed by atoms with Gasteiger partial charge in [0.05, 0.1) is 5.52 Å². The number of fused-ring (bicyclic) bond motifs is 1. The molecule has 20 heavy (non-hydrogen) atoms. The van der Waals surface area contributed by atoms with Crippen LogP contribution < -0.4 is 10.1 Å². The molecule has 0 bridgehead atoms. The van der Waals surface area contributed by atoms with E-state index in [4.69, 9.17) is 4.74 Å². The second kappa shape index (κ2) is 6.29. The van der Waals surface area contributed by atoms with Crippen LogP contribution in [0.5, 0.6) is 5.75 Å². The zero-order valence-electron chi connectivity index (χ0n) is 11.5. The lowest BCUT2D eigenvalue weighted by Gasteiger charge is -2.25. The van der Waals surface area contributed by atoms with Gasteiger partial charge >= 0.3 is 5.97 Å². The van der Waals surface area contributed by atoms with E-state index in [9.17, 15) is 4.79 Å². The largest absolute Gasteiger partial charge is 0.427 e. The van der Waals surface area contributed by atoms with Crippen molar-refractivity contribution in [2.45, 2.75) is 25.8 Å². The van der Waals surface area contributed by atoms with E-state index in [0.717, 1.165) is 31.4 Å². The quantitative estimate of drug-likeness (QED) is 0.684. The molecule has 0 atom stereocenters. The maximum atomic E-state index is 11.0. The van der Waals surface area contributed by atoms with Gasteiger partial charge in [0, 0.05) is 25.2 Å². The van der Waals surface area contributed by atoms with E-state index < -0.39 is 0 Å². The molecule has 108 valence electrons. The van der Waals surface area contributed by atoms with Gasteiger partial charge in [-0.3, -0.25) is 4.79 Å². The highest BCUT2D eigenvalue weighted by atomic mass is 35.5. The van der Waals surface area contributed by atoms with Gasteiger partial charge in [-0.25, -0.2) is 0 Å². The lowest BCUT2D eigenvalue weighted by molar-refractivity contribution is -0.131. The smallest absolute Gasteiger partial charge is 0.308 e. The first-order chi connectivity index (χ1) is 9.24. The monoisotopic (exact) mass is 294 g/mol. The zero-order valence-corrected chi connectivity index (χ0v) is 12.3. The summed E-state index contributed by atoms with van der Waals surface area (Å²) in [5, 5.41) is 4.57. The van der Waals surface area contributed by atoms with Crippen LogP contribution >= 0.6 is 12.4 Å². The van der Waals surface area contributed by atoms with Crippen molar-refractivity contribution in [2.24, 2.45) is 0 Å². The number of carbonyl (C=O) groups excluding carboxylic acids is 1. The van der Waals surface area contributed by atoms with Gasteiger partial charge in [0.1, 0.15) is 5.75 Å². The van der Waals surface area contributed by atoms with Crippen molar-refractivity contribution in [2.75, 3.05) is 13.1 Å². The van der Waals surface area contributed by atoms with Crippen molar-refractivity contribution < 1.29 is 9.53 Å². The molecule has 0 radical (unpaired) electrons. The van der Waals surface area contributed by atoms with Crippen LogP contribution in [0.25, 0.3) is 10.9 Å². The fraction of sp³-hybridized carbons (Fsp3) is 0.400. The highest BCUT2D eigenvalue weighted by molar-refractivity contribution is 5.85. The molecule has 1 saturated heterocycles. The highest BCUT2D eigenvalue weighted by Gasteiger charge is 2.16. The van der Waals surface area contributed by atoms with E-state index >= 15 is 0 Å². The molecule has 0 unspecified atom stereocenters. The van der Waals surface area contributed by atoms with Crippen LogP contribution in [0.2, 0.25) is 0 Å². The predicted octanol–water partition coefficient (Wildman–Crippen LogP) is 2.91. The SMILES string of the molecule is CC(=O)Oc1ccc2ccn(C3CCNCC3)c2c1.Cl. The topological polar surface area (TPSA) is 43.3 Å². The molecule has 0 aliphatic carbocycles. The van der Waals surface area contributed by atoms with Crippen LogP contribution in [0.3, 0.4) is 0 Å². The van der Waals surface area contributed by atoms with Gasteiger partial charge in [0.2, 0.25) is 0 Å².